The first-order valence-corrected chi connectivity index (χ1v) is 13.2. The number of halogens is 3. The Kier molecular flexibility index (Phi) is 8.45. The van der Waals surface area contributed by atoms with E-state index in [-0.39, 0.29) is 23.4 Å². The lowest BCUT2D eigenvalue weighted by molar-refractivity contribution is -0.137. The zero-order chi connectivity index (χ0) is 24.2. The fraction of sp³-hybridized carbons (Fsp3) is 0.696. The van der Waals surface area contributed by atoms with Crippen LogP contribution in [0, 0.1) is 0 Å². The van der Waals surface area contributed by atoms with Crippen molar-refractivity contribution in [1.29, 1.82) is 0 Å². The lowest BCUT2D eigenvalue weighted by Gasteiger charge is -2.40. The number of benzene rings is 1. The molecule has 1 aliphatic carbocycles. The highest BCUT2D eigenvalue weighted by Crippen LogP contribution is 2.33. The normalized spacial score (nSPS) is 19.4. The van der Waals surface area contributed by atoms with E-state index >= 15 is 0 Å². The van der Waals surface area contributed by atoms with Gasteiger partial charge >= 0.3 is 6.18 Å². The van der Waals surface area contributed by atoms with Crippen LogP contribution in [0.3, 0.4) is 0 Å². The largest absolute Gasteiger partial charge is 0.416 e. The Morgan fingerprint density at radius 3 is 2.33 bits per heavy atom. The standard InChI is InChI=1S/C23H34F3N3O3S/c1-17(2)29(33(31,32)21-10-6-7-18(15-21)23(24,25)26)20-11-13-28(14-12-20)22(30)16-27-19-8-4-3-5-9-19/h6-7,10,15,17,19-20,27H,3-5,8-9,11-14,16H2,1-2H3. The number of nitrogens with one attached hydrogen (secondary N) is 1. The molecule has 1 aromatic carbocycles. The second kappa shape index (κ2) is 10.7. The van der Waals surface area contributed by atoms with Gasteiger partial charge in [-0.25, -0.2) is 8.42 Å². The van der Waals surface area contributed by atoms with E-state index in [1.165, 1.54) is 29.6 Å². The summed E-state index contributed by atoms with van der Waals surface area (Å²) in [7, 11) is -4.13. The quantitative estimate of drug-likeness (QED) is 0.628. The van der Waals surface area contributed by atoms with Crippen LogP contribution in [0.1, 0.15) is 64.4 Å². The third-order valence-corrected chi connectivity index (χ3v) is 8.69. The summed E-state index contributed by atoms with van der Waals surface area (Å²) in [5.41, 5.74) is -0.988. The van der Waals surface area contributed by atoms with Gasteiger partial charge in [-0.15, -0.1) is 0 Å². The molecule has 0 spiro atoms. The Labute approximate surface area is 194 Å². The fourth-order valence-electron chi connectivity index (χ4n) is 4.87. The second-order valence-corrected chi connectivity index (χ2v) is 11.1. The van der Waals surface area contributed by atoms with Crippen molar-refractivity contribution < 1.29 is 26.4 Å². The Morgan fingerprint density at radius 1 is 1.12 bits per heavy atom. The van der Waals surface area contributed by atoms with Gasteiger partial charge < -0.3 is 10.2 Å². The summed E-state index contributed by atoms with van der Waals surface area (Å²) in [5.74, 6) is 0.0101. The molecule has 1 N–H and O–H groups in total. The van der Waals surface area contributed by atoms with Gasteiger partial charge in [-0.2, -0.15) is 17.5 Å². The number of rotatable bonds is 7. The number of piperidine rings is 1. The molecule has 1 heterocycles. The van der Waals surface area contributed by atoms with Crippen molar-refractivity contribution in [3.63, 3.8) is 0 Å². The van der Waals surface area contributed by atoms with Crippen molar-refractivity contribution in [2.45, 2.75) is 88.0 Å². The Hall–Kier alpha value is -1.65. The van der Waals surface area contributed by atoms with Crippen LogP contribution in [0.25, 0.3) is 0 Å². The van der Waals surface area contributed by atoms with Gasteiger partial charge in [0.15, 0.2) is 0 Å². The van der Waals surface area contributed by atoms with Gasteiger partial charge in [0.2, 0.25) is 15.9 Å². The molecule has 1 aromatic rings. The number of carbonyl (C=O) groups is 1. The van der Waals surface area contributed by atoms with Crippen LogP contribution in [0.2, 0.25) is 0 Å². The number of amides is 1. The number of nitrogens with zero attached hydrogens (tertiary/aromatic N) is 2. The minimum absolute atomic E-state index is 0.0101. The third kappa shape index (κ3) is 6.48. The molecule has 1 amide bonds. The molecule has 10 heteroatoms. The van der Waals surface area contributed by atoms with Gasteiger partial charge in [-0.1, -0.05) is 25.3 Å². The van der Waals surface area contributed by atoms with Crippen LogP contribution in [-0.4, -0.2) is 61.3 Å². The molecule has 3 rings (SSSR count). The zero-order valence-corrected chi connectivity index (χ0v) is 20.1. The maximum atomic E-state index is 13.3. The smallest absolute Gasteiger partial charge is 0.341 e. The van der Waals surface area contributed by atoms with E-state index < -0.39 is 27.8 Å². The predicted molar refractivity (Wildman–Crippen MR) is 120 cm³/mol. The zero-order valence-electron chi connectivity index (χ0n) is 19.3. The SMILES string of the molecule is CC(C)N(C1CCN(C(=O)CNC2CCCCC2)CC1)S(=O)(=O)c1cccc(C(F)(F)F)c1. The molecule has 1 aliphatic heterocycles. The molecule has 186 valence electrons. The van der Waals surface area contributed by atoms with Crippen LogP contribution in [0.4, 0.5) is 13.2 Å². The average molecular weight is 490 g/mol. The van der Waals surface area contributed by atoms with Gasteiger partial charge in [0, 0.05) is 31.2 Å². The van der Waals surface area contributed by atoms with Crippen LogP contribution >= 0.6 is 0 Å². The van der Waals surface area contributed by atoms with Crippen molar-refractivity contribution in [3.8, 4) is 0 Å². The lowest BCUT2D eigenvalue weighted by atomic mass is 9.95. The highest BCUT2D eigenvalue weighted by molar-refractivity contribution is 7.89. The molecule has 0 atom stereocenters. The van der Waals surface area contributed by atoms with Crippen LogP contribution in [0.15, 0.2) is 29.2 Å². The summed E-state index contributed by atoms with van der Waals surface area (Å²) in [6.07, 6.45) is 2.07. The molecular weight excluding hydrogens is 455 g/mol. The highest BCUT2D eigenvalue weighted by Gasteiger charge is 2.38. The first-order valence-electron chi connectivity index (χ1n) is 11.7. The van der Waals surface area contributed by atoms with Crippen molar-refractivity contribution in [2.75, 3.05) is 19.6 Å². The van der Waals surface area contributed by atoms with E-state index in [4.69, 9.17) is 0 Å². The van der Waals surface area contributed by atoms with E-state index in [1.807, 2.05) is 0 Å². The maximum Gasteiger partial charge on any atom is 0.416 e. The molecular formula is C23H34F3N3O3S. The Morgan fingerprint density at radius 2 is 1.76 bits per heavy atom. The molecule has 0 bridgehead atoms. The summed E-state index contributed by atoms with van der Waals surface area (Å²) in [6.45, 7) is 4.58. The fourth-order valence-corrected chi connectivity index (χ4v) is 6.80. The molecule has 0 radical (unpaired) electrons. The van der Waals surface area contributed by atoms with E-state index in [0.29, 0.717) is 38.0 Å². The van der Waals surface area contributed by atoms with E-state index in [0.717, 1.165) is 25.0 Å². The third-order valence-electron chi connectivity index (χ3n) is 6.57. The Balaban J connectivity index is 1.64. The van der Waals surface area contributed by atoms with Gasteiger partial charge in [-0.3, -0.25) is 4.79 Å². The molecule has 33 heavy (non-hydrogen) atoms. The molecule has 1 saturated carbocycles. The molecule has 0 aromatic heterocycles. The van der Waals surface area contributed by atoms with Crippen molar-refractivity contribution >= 4 is 15.9 Å². The number of hydrogen-bond donors (Lipinski definition) is 1. The maximum absolute atomic E-state index is 13.3. The summed E-state index contributed by atoms with van der Waals surface area (Å²) in [5, 5.41) is 3.34. The number of carbonyl (C=O) groups excluding carboxylic acids is 1. The minimum Gasteiger partial charge on any atom is -0.341 e. The van der Waals surface area contributed by atoms with E-state index in [2.05, 4.69) is 5.32 Å². The summed E-state index contributed by atoms with van der Waals surface area (Å²) in [4.78, 5) is 14.0. The number of alkyl halides is 3. The van der Waals surface area contributed by atoms with Crippen molar-refractivity contribution in [2.24, 2.45) is 0 Å². The predicted octanol–water partition coefficient (Wildman–Crippen LogP) is 4.02. The van der Waals surface area contributed by atoms with E-state index in [9.17, 15) is 26.4 Å². The van der Waals surface area contributed by atoms with Crippen molar-refractivity contribution in [3.05, 3.63) is 29.8 Å². The minimum atomic E-state index is -4.62. The summed E-state index contributed by atoms with van der Waals surface area (Å²) < 4.78 is 67.3. The van der Waals surface area contributed by atoms with Crippen molar-refractivity contribution in [1.82, 2.24) is 14.5 Å². The lowest BCUT2D eigenvalue weighted by Crippen LogP contribution is -2.52. The summed E-state index contributed by atoms with van der Waals surface area (Å²) >= 11 is 0. The van der Waals surface area contributed by atoms with Gasteiger partial charge in [0.1, 0.15) is 0 Å². The molecule has 6 nitrogen and oxygen atoms in total. The molecule has 2 fully saturated rings. The number of likely N-dealkylation sites (tertiary alicyclic amines) is 1. The van der Waals surface area contributed by atoms with Gasteiger partial charge in [0.25, 0.3) is 0 Å². The summed E-state index contributed by atoms with van der Waals surface area (Å²) in [6, 6.07) is 3.47. The molecule has 1 saturated heterocycles. The molecule has 0 unspecified atom stereocenters. The highest BCUT2D eigenvalue weighted by atomic mass is 32.2. The monoisotopic (exact) mass is 489 g/mol. The topological polar surface area (TPSA) is 69.7 Å². The Bertz CT molecular complexity index is 907. The average Bonchev–Trinajstić information content (AvgIpc) is 2.78. The van der Waals surface area contributed by atoms with Gasteiger partial charge in [0.05, 0.1) is 17.0 Å². The van der Waals surface area contributed by atoms with E-state index in [1.54, 1.807) is 18.7 Å². The number of hydrogen-bond acceptors (Lipinski definition) is 4. The first kappa shape index (κ1) is 26.0. The van der Waals surface area contributed by atoms with Gasteiger partial charge in [-0.05, 0) is 57.7 Å². The van der Waals surface area contributed by atoms with Crippen LogP contribution < -0.4 is 5.32 Å². The number of sulfonamides is 1. The van der Waals surface area contributed by atoms with Crippen LogP contribution in [0.5, 0.6) is 0 Å². The first-order chi connectivity index (χ1) is 15.5. The molecule has 2 aliphatic rings. The van der Waals surface area contributed by atoms with Crippen LogP contribution in [-0.2, 0) is 21.0 Å². The second-order valence-electron chi connectivity index (χ2n) is 9.28.